The van der Waals surface area contributed by atoms with E-state index >= 15 is 0 Å². The third-order valence-electron chi connectivity index (χ3n) is 4.10. The summed E-state index contributed by atoms with van der Waals surface area (Å²) < 4.78 is 0.984. The fraction of sp³-hybridized carbons (Fsp3) is 0.111. The summed E-state index contributed by atoms with van der Waals surface area (Å²) in [6.45, 7) is 2.05. The van der Waals surface area contributed by atoms with Crippen molar-refractivity contribution in [1.82, 2.24) is 15.5 Å². The average molecular weight is 368 g/mol. The molecule has 4 rings (SSSR count). The molecule has 5 heteroatoms. The Hall–Kier alpha value is -2.40. The number of halogens is 1. The molecule has 0 radical (unpaired) electrons. The lowest BCUT2D eigenvalue weighted by atomic mass is 9.96. The average Bonchev–Trinajstić information content (AvgIpc) is 3.10. The van der Waals surface area contributed by atoms with Crippen LogP contribution in [-0.2, 0) is 0 Å². The van der Waals surface area contributed by atoms with Crippen molar-refractivity contribution < 1.29 is 4.79 Å². The Morgan fingerprint density at radius 3 is 2.65 bits per heavy atom. The van der Waals surface area contributed by atoms with E-state index in [1.54, 1.807) is 0 Å². The molecule has 4 nitrogen and oxygen atoms in total. The Balaban J connectivity index is 1.86. The molecule has 114 valence electrons. The van der Waals surface area contributed by atoms with Crippen LogP contribution >= 0.6 is 15.9 Å². The minimum Gasteiger partial charge on any atom is -0.340 e. The lowest BCUT2D eigenvalue weighted by molar-refractivity contribution is 0.0955. The van der Waals surface area contributed by atoms with Crippen molar-refractivity contribution in [2.75, 3.05) is 0 Å². The van der Waals surface area contributed by atoms with Gasteiger partial charge in [-0.1, -0.05) is 57.9 Å². The smallest absolute Gasteiger partial charge is 0.270 e. The van der Waals surface area contributed by atoms with Crippen LogP contribution in [0, 0.1) is 6.92 Å². The van der Waals surface area contributed by atoms with Gasteiger partial charge < -0.3 is 5.32 Å². The lowest BCUT2D eigenvalue weighted by Gasteiger charge is -2.13. The second kappa shape index (κ2) is 5.35. The molecule has 1 atom stereocenters. The van der Waals surface area contributed by atoms with Crippen LogP contribution in [0.3, 0.4) is 0 Å². The molecule has 2 aromatic carbocycles. The van der Waals surface area contributed by atoms with Crippen molar-refractivity contribution in [1.29, 1.82) is 0 Å². The maximum absolute atomic E-state index is 12.2. The standard InChI is InChI=1S/C18H14BrN3O/c1-10-5-7-11(8-6-10)16-14-15(12-3-2-4-13(19)9-12)20-18(23)17(14)22-21-16/h2-9,15H,1H3,(H,20,23)(H,21,22). The van der Waals surface area contributed by atoms with Crippen molar-refractivity contribution in [3.63, 3.8) is 0 Å². The van der Waals surface area contributed by atoms with Gasteiger partial charge in [-0.05, 0) is 24.6 Å². The zero-order chi connectivity index (χ0) is 16.0. The van der Waals surface area contributed by atoms with Crippen molar-refractivity contribution in [3.05, 3.63) is 75.4 Å². The van der Waals surface area contributed by atoms with Gasteiger partial charge in [-0.3, -0.25) is 9.89 Å². The summed E-state index contributed by atoms with van der Waals surface area (Å²) >= 11 is 3.49. The number of H-pyrrole nitrogens is 1. The van der Waals surface area contributed by atoms with E-state index in [0.717, 1.165) is 26.9 Å². The largest absolute Gasteiger partial charge is 0.340 e. The highest BCUT2D eigenvalue weighted by atomic mass is 79.9. The van der Waals surface area contributed by atoms with E-state index < -0.39 is 0 Å². The normalized spacial score (nSPS) is 16.3. The Morgan fingerprint density at radius 2 is 1.91 bits per heavy atom. The van der Waals surface area contributed by atoms with Crippen molar-refractivity contribution in [3.8, 4) is 11.3 Å². The first-order chi connectivity index (χ1) is 11.1. The molecule has 1 aromatic heterocycles. The van der Waals surface area contributed by atoms with Gasteiger partial charge in [-0.2, -0.15) is 5.10 Å². The number of fused-ring (bicyclic) bond motifs is 1. The van der Waals surface area contributed by atoms with E-state index in [9.17, 15) is 4.79 Å². The zero-order valence-electron chi connectivity index (χ0n) is 12.4. The van der Waals surface area contributed by atoms with Gasteiger partial charge in [-0.25, -0.2) is 0 Å². The Morgan fingerprint density at radius 1 is 1.13 bits per heavy atom. The predicted octanol–water partition coefficient (Wildman–Crippen LogP) is 3.98. The number of rotatable bonds is 2. The number of carbonyl (C=O) groups is 1. The lowest BCUT2D eigenvalue weighted by Crippen LogP contribution is -2.21. The van der Waals surface area contributed by atoms with Gasteiger partial charge >= 0.3 is 0 Å². The first kappa shape index (κ1) is 14.2. The molecule has 0 aliphatic carbocycles. The number of benzene rings is 2. The molecule has 1 amide bonds. The van der Waals surface area contributed by atoms with Crippen LogP contribution in [0.5, 0.6) is 0 Å². The minimum atomic E-state index is -0.190. The summed E-state index contributed by atoms with van der Waals surface area (Å²) in [6.07, 6.45) is 0. The van der Waals surface area contributed by atoms with Crippen molar-refractivity contribution in [2.24, 2.45) is 0 Å². The van der Waals surface area contributed by atoms with E-state index in [1.165, 1.54) is 5.56 Å². The molecule has 0 fully saturated rings. The molecule has 1 unspecified atom stereocenters. The molecule has 2 heterocycles. The van der Waals surface area contributed by atoms with E-state index in [-0.39, 0.29) is 11.9 Å². The van der Waals surface area contributed by atoms with E-state index in [2.05, 4.69) is 43.6 Å². The third-order valence-corrected chi connectivity index (χ3v) is 4.60. The molecule has 23 heavy (non-hydrogen) atoms. The highest BCUT2D eigenvalue weighted by Crippen LogP contribution is 2.37. The molecule has 2 N–H and O–H groups in total. The van der Waals surface area contributed by atoms with Crippen LogP contribution in [0.1, 0.15) is 33.2 Å². The summed E-state index contributed by atoms with van der Waals surface area (Å²) in [4.78, 5) is 12.2. The van der Waals surface area contributed by atoms with Gasteiger partial charge in [0.05, 0.1) is 11.7 Å². The molecule has 0 saturated carbocycles. The molecular formula is C18H14BrN3O. The number of nitrogens with one attached hydrogen (secondary N) is 2. The summed E-state index contributed by atoms with van der Waals surface area (Å²) in [6, 6.07) is 15.9. The number of nitrogens with zero attached hydrogens (tertiary/aromatic N) is 1. The summed E-state index contributed by atoms with van der Waals surface area (Å²) in [5.74, 6) is -0.115. The van der Waals surface area contributed by atoms with Crippen LogP contribution in [0.2, 0.25) is 0 Å². The number of hydrogen-bond acceptors (Lipinski definition) is 2. The second-order valence-corrected chi connectivity index (χ2v) is 6.60. The third kappa shape index (κ3) is 2.37. The number of aryl methyl sites for hydroxylation is 1. The minimum absolute atomic E-state index is 0.115. The highest BCUT2D eigenvalue weighted by molar-refractivity contribution is 9.10. The quantitative estimate of drug-likeness (QED) is 0.719. The van der Waals surface area contributed by atoms with Crippen LogP contribution in [0.4, 0.5) is 0 Å². The fourth-order valence-corrected chi connectivity index (χ4v) is 3.36. The van der Waals surface area contributed by atoms with Gasteiger partial charge in [0, 0.05) is 15.6 Å². The maximum Gasteiger partial charge on any atom is 0.270 e. The van der Waals surface area contributed by atoms with Gasteiger partial charge in [0.1, 0.15) is 5.69 Å². The van der Waals surface area contributed by atoms with Gasteiger partial charge in [0.25, 0.3) is 5.91 Å². The molecule has 0 saturated heterocycles. The SMILES string of the molecule is Cc1ccc(-c2n[nH]c3c2C(c2cccc(Br)c2)NC3=O)cc1. The number of carbonyl (C=O) groups excluding carboxylic acids is 1. The van der Waals surface area contributed by atoms with E-state index in [0.29, 0.717) is 5.69 Å². The monoisotopic (exact) mass is 367 g/mol. The van der Waals surface area contributed by atoms with Crippen LogP contribution in [-0.4, -0.2) is 16.1 Å². The Bertz CT molecular complexity index is 899. The molecule has 1 aliphatic heterocycles. The Labute approximate surface area is 142 Å². The summed E-state index contributed by atoms with van der Waals surface area (Å²) in [7, 11) is 0. The maximum atomic E-state index is 12.2. The zero-order valence-corrected chi connectivity index (χ0v) is 14.0. The topological polar surface area (TPSA) is 57.8 Å². The first-order valence-electron chi connectivity index (χ1n) is 7.35. The second-order valence-electron chi connectivity index (χ2n) is 5.69. The van der Waals surface area contributed by atoms with Gasteiger partial charge in [0.15, 0.2) is 0 Å². The fourth-order valence-electron chi connectivity index (χ4n) is 2.95. The van der Waals surface area contributed by atoms with Gasteiger partial charge in [-0.15, -0.1) is 0 Å². The molecular weight excluding hydrogens is 354 g/mol. The summed E-state index contributed by atoms with van der Waals surface area (Å²) in [5, 5.41) is 10.3. The molecule has 3 aromatic rings. The number of amides is 1. The number of aromatic nitrogens is 2. The molecule has 0 spiro atoms. The van der Waals surface area contributed by atoms with Crippen molar-refractivity contribution in [2.45, 2.75) is 13.0 Å². The van der Waals surface area contributed by atoms with Crippen LogP contribution in [0.15, 0.2) is 53.0 Å². The van der Waals surface area contributed by atoms with Crippen LogP contribution in [0.25, 0.3) is 11.3 Å². The number of hydrogen-bond donors (Lipinski definition) is 2. The van der Waals surface area contributed by atoms with E-state index in [4.69, 9.17) is 0 Å². The predicted molar refractivity (Wildman–Crippen MR) is 92.2 cm³/mol. The van der Waals surface area contributed by atoms with Gasteiger partial charge in [0.2, 0.25) is 0 Å². The first-order valence-corrected chi connectivity index (χ1v) is 8.14. The molecule has 1 aliphatic rings. The van der Waals surface area contributed by atoms with Crippen LogP contribution < -0.4 is 5.32 Å². The van der Waals surface area contributed by atoms with Crippen molar-refractivity contribution >= 4 is 21.8 Å². The Kier molecular flexibility index (Phi) is 3.31. The highest BCUT2D eigenvalue weighted by Gasteiger charge is 2.35. The number of aromatic amines is 1. The molecule has 0 bridgehead atoms. The van der Waals surface area contributed by atoms with E-state index in [1.807, 2.05) is 43.3 Å². The summed E-state index contributed by atoms with van der Waals surface area (Å²) in [5.41, 5.74) is 5.51.